The summed E-state index contributed by atoms with van der Waals surface area (Å²) in [4.78, 5) is 0.171. The van der Waals surface area contributed by atoms with Gasteiger partial charge < -0.3 is 0 Å². The summed E-state index contributed by atoms with van der Waals surface area (Å²) in [7, 11) is 0. The van der Waals surface area contributed by atoms with Crippen molar-refractivity contribution in [2.24, 2.45) is 0 Å². The van der Waals surface area contributed by atoms with Gasteiger partial charge >= 0.3 is 0 Å². The molecule has 0 aromatic heterocycles. The first kappa shape index (κ1) is 14.7. The summed E-state index contributed by atoms with van der Waals surface area (Å²) < 4.78 is 13.9. The predicted octanol–water partition coefficient (Wildman–Crippen LogP) is 5.88. The summed E-state index contributed by atoms with van der Waals surface area (Å²) in [5.74, 6) is -0.221. The SMILES string of the molecule is Cc1ccc(CC(Br)c2ccc(F)cc2Br)cc1C. The fourth-order valence-electron chi connectivity index (χ4n) is 2.00. The minimum absolute atomic E-state index is 0.171. The molecular formula is C16H15Br2F. The summed E-state index contributed by atoms with van der Waals surface area (Å²) in [6.07, 6.45) is 0.880. The highest BCUT2D eigenvalue weighted by Gasteiger charge is 2.13. The maximum Gasteiger partial charge on any atom is 0.124 e. The molecule has 0 N–H and O–H groups in total. The largest absolute Gasteiger partial charge is 0.207 e. The van der Waals surface area contributed by atoms with E-state index in [-0.39, 0.29) is 10.6 Å². The Labute approximate surface area is 130 Å². The number of benzene rings is 2. The molecule has 1 unspecified atom stereocenters. The van der Waals surface area contributed by atoms with Crippen molar-refractivity contribution in [3.8, 4) is 0 Å². The van der Waals surface area contributed by atoms with Crippen LogP contribution in [0.25, 0.3) is 0 Å². The summed E-state index contributed by atoms with van der Waals surface area (Å²) in [5, 5.41) is 0. The predicted molar refractivity (Wildman–Crippen MR) is 85.4 cm³/mol. The van der Waals surface area contributed by atoms with Gasteiger partial charge in [-0.05, 0) is 54.7 Å². The Balaban J connectivity index is 2.20. The third kappa shape index (κ3) is 3.67. The molecule has 19 heavy (non-hydrogen) atoms. The summed E-state index contributed by atoms with van der Waals surface area (Å²) >= 11 is 7.11. The first-order valence-corrected chi connectivity index (χ1v) is 7.83. The minimum atomic E-state index is -0.221. The Morgan fingerprint density at radius 1 is 1.05 bits per heavy atom. The number of hydrogen-bond acceptors (Lipinski definition) is 0. The van der Waals surface area contributed by atoms with Crippen molar-refractivity contribution in [3.05, 3.63) is 68.9 Å². The molecule has 2 aromatic rings. The van der Waals surface area contributed by atoms with Crippen molar-refractivity contribution in [1.82, 2.24) is 0 Å². The third-order valence-electron chi connectivity index (χ3n) is 3.29. The Kier molecular flexibility index (Phi) is 4.80. The van der Waals surface area contributed by atoms with E-state index in [9.17, 15) is 4.39 Å². The van der Waals surface area contributed by atoms with Crippen LogP contribution in [0, 0.1) is 19.7 Å². The molecule has 3 heteroatoms. The van der Waals surface area contributed by atoms with Gasteiger partial charge in [-0.25, -0.2) is 4.39 Å². The van der Waals surface area contributed by atoms with Crippen LogP contribution in [0.1, 0.15) is 27.1 Å². The average Bonchev–Trinajstić information content (AvgIpc) is 2.33. The Bertz CT molecular complexity index is 593. The van der Waals surface area contributed by atoms with E-state index in [2.05, 4.69) is 63.9 Å². The Hall–Kier alpha value is -0.670. The molecule has 0 radical (unpaired) electrons. The van der Waals surface area contributed by atoms with E-state index in [1.54, 1.807) is 0 Å². The number of halogens is 3. The van der Waals surface area contributed by atoms with Crippen LogP contribution in [0.4, 0.5) is 4.39 Å². The second-order valence-corrected chi connectivity index (χ2v) is 6.72. The molecule has 100 valence electrons. The second-order valence-electron chi connectivity index (χ2n) is 4.76. The average molecular weight is 386 g/mol. The van der Waals surface area contributed by atoms with E-state index in [1.165, 1.54) is 28.8 Å². The fourth-order valence-corrected chi connectivity index (χ4v) is 3.71. The molecule has 2 aromatic carbocycles. The molecule has 0 spiro atoms. The van der Waals surface area contributed by atoms with Crippen LogP contribution in [0.2, 0.25) is 0 Å². The Morgan fingerprint density at radius 3 is 2.42 bits per heavy atom. The number of aryl methyl sites for hydroxylation is 2. The lowest BCUT2D eigenvalue weighted by Crippen LogP contribution is -1.98. The molecule has 0 saturated heterocycles. The smallest absolute Gasteiger partial charge is 0.124 e. The second kappa shape index (κ2) is 6.19. The lowest BCUT2D eigenvalue weighted by atomic mass is 10.0. The minimum Gasteiger partial charge on any atom is -0.207 e. The molecular weight excluding hydrogens is 371 g/mol. The van der Waals surface area contributed by atoms with Crippen molar-refractivity contribution < 1.29 is 4.39 Å². The van der Waals surface area contributed by atoms with Gasteiger partial charge in [0, 0.05) is 9.30 Å². The zero-order chi connectivity index (χ0) is 14.0. The highest BCUT2D eigenvalue weighted by molar-refractivity contribution is 9.11. The van der Waals surface area contributed by atoms with Gasteiger partial charge in [-0.15, -0.1) is 0 Å². The molecule has 1 atom stereocenters. The van der Waals surface area contributed by atoms with Crippen molar-refractivity contribution >= 4 is 31.9 Å². The van der Waals surface area contributed by atoms with Crippen LogP contribution < -0.4 is 0 Å². The quantitative estimate of drug-likeness (QED) is 0.578. The van der Waals surface area contributed by atoms with Crippen molar-refractivity contribution in [1.29, 1.82) is 0 Å². The van der Waals surface area contributed by atoms with E-state index in [0.29, 0.717) is 0 Å². The molecule has 2 rings (SSSR count). The van der Waals surface area contributed by atoms with Crippen molar-refractivity contribution in [2.75, 3.05) is 0 Å². The van der Waals surface area contributed by atoms with E-state index >= 15 is 0 Å². The number of rotatable bonds is 3. The standard InChI is InChI=1S/C16H15Br2F/c1-10-3-4-12(7-11(10)2)8-15(17)14-6-5-13(19)9-16(14)18/h3-7,9,15H,8H2,1-2H3. The van der Waals surface area contributed by atoms with Crippen LogP contribution >= 0.6 is 31.9 Å². The van der Waals surface area contributed by atoms with Gasteiger partial charge in [0.2, 0.25) is 0 Å². The van der Waals surface area contributed by atoms with Crippen LogP contribution in [0.3, 0.4) is 0 Å². The molecule has 0 saturated carbocycles. The van der Waals surface area contributed by atoms with Crippen LogP contribution in [-0.4, -0.2) is 0 Å². The molecule has 0 heterocycles. The summed E-state index contributed by atoms with van der Waals surface area (Å²) in [6, 6.07) is 11.3. The van der Waals surface area contributed by atoms with Gasteiger partial charge in [-0.1, -0.05) is 56.1 Å². The van der Waals surface area contributed by atoms with E-state index in [0.717, 1.165) is 16.5 Å². The number of alkyl halides is 1. The molecule has 0 nitrogen and oxygen atoms in total. The van der Waals surface area contributed by atoms with Gasteiger partial charge in [0.15, 0.2) is 0 Å². The Morgan fingerprint density at radius 2 is 1.79 bits per heavy atom. The van der Waals surface area contributed by atoms with Crippen LogP contribution in [0.5, 0.6) is 0 Å². The summed E-state index contributed by atoms with van der Waals surface area (Å²) in [6.45, 7) is 4.23. The molecule has 0 fully saturated rings. The summed E-state index contributed by atoms with van der Waals surface area (Å²) in [5.41, 5.74) is 4.95. The van der Waals surface area contributed by atoms with Crippen molar-refractivity contribution in [3.63, 3.8) is 0 Å². The first-order chi connectivity index (χ1) is 8.97. The molecule has 0 bridgehead atoms. The highest BCUT2D eigenvalue weighted by atomic mass is 79.9. The third-order valence-corrected chi connectivity index (χ3v) is 4.79. The van der Waals surface area contributed by atoms with Gasteiger partial charge in [-0.3, -0.25) is 0 Å². The monoisotopic (exact) mass is 384 g/mol. The van der Waals surface area contributed by atoms with E-state index in [4.69, 9.17) is 0 Å². The van der Waals surface area contributed by atoms with Gasteiger partial charge in [0.25, 0.3) is 0 Å². The molecule has 0 aliphatic heterocycles. The van der Waals surface area contributed by atoms with Crippen LogP contribution in [-0.2, 0) is 6.42 Å². The van der Waals surface area contributed by atoms with E-state index < -0.39 is 0 Å². The topological polar surface area (TPSA) is 0 Å². The van der Waals surface area contributed by atoms with Gasteiger partial charge in [-0.2, -0.15) is 0 Å². The lowest BCUT2D eigenvalue weighted by molar-refractivity contribution is 0.626. The molecule has 0 amide bonds. The number of hydrogen-bond donors (Lipinski definition) is 0. The molecule has 0 aliphatic carbocycles. The lowest BCUT2D eigenvalue weighted by Gasteiger charge is -2.13. The zero-order valence-electron chi connectivity index (χ0n) is 10.9. The fraction of sp³-hybridized carbons (Fsp3) is 0.250. The molecule has 0 aliphatic rings. The first-order valence-electron chi connectivity index (χ1n) is 6.12. The van der Waals surface area contributed by atoms with Gasteiger partial charge in [0.05, 0.1) is 0 Å². The highest BCUT2D eigenvalue weighted by Crippen LogP contribution is 2.33. The maximum atomic E-state index is 13.1. The van der Waals surface area contributed by atoms with Crippen LogP contribution in [0.15, 0.2) is 40.9 Å². The maximum absolute atomic E-state index is 13.1. The van der Waals surface area contributed by atoms with E-state index in [1.807, 2.05) is 6.07 Å². The van der Waals surface area contributed by atoms with Gasteiger partial charge in [0.1, 0.15) is 5.82 Å². The zero-order valence-corrected chi connectivity index (χ0v) is 14.1. The normalized spacial score (nSPS) is 12.5. The van der Waals surface area contributed by atoms with Crippen molar-refractivity contribution in [2.45, 2.75) is 25.1 Å².